The number of ketones is 2. The van der Waals surface area contributed by atoms with E-state index in [1.165, 1.54) is 54.6 Å². The molecule has 0 aromatic heterocycles. The number of halogens is 5. The summed E-state index contributed by atoms with van der Waals surface area (Å²) >= 11 is 31.4. The third-order valence-corrected chi connectivity index (χ3v) is 11.0. The van der Waals surface area contributed by atoms with E-state index in [2.05, 4.69) is 41.7 Å². The molecular formula is C46H41Cl5N8O6. The molecule has 4 amide bonds. The van der Waals surface area contributed by atoms with Crippen LogP contribution in [-0.2, 0) is 25.6 Å². The fourth-order valence-electron chi connectivity index (χ4n) is 6.00. The maximum absolute atomic E-state index is 13.5. The Bertz CT molecular complexity index is 2660. The van der Waals surface area contributed by atoms with Gasteiger partial charge in [-0.3, -0.25) is 28.8 Å². The minimum absolute atomic E-state index is 0.0376. The zero-order valence-electron chi connectivity index (χ0n) is 35.2. The molecule has 0 saturated heterocycles. The van der Waals surface area contributed by atoms with Gasteiger partial charge < -0.3 is 21.3 Å². The van der Waals surface area contributed by atoms with Crippen molar-refractivity contribution in [3.8, 4) is 0 Å². The summed E-state index contributed by atoms with van der Waals surface area (Å²) in [5, 5.41) is 26.3. The second kappa shape index (κ2) is 23.2. The van der Waals surface area contributed by atoms with Crippen LogP contribution in [0.25, 0.3) is 0 Å². The molecule has 5 aromatic carbocycles. The van der Waals surface area contributed by atoms with Crippen LogP contribution in [0.4, 0.5) is 34.1 Å². The first-order chi connectivity index (χ1) is 31.0. The molecule has 0 spiro atoms. The van der Waals surface area contributed by atoms with Crippen LogP contribution in [0.15, 0.2) is 124 Å². The van der Waals surface area contributed by atoms with Crippen LogP contribution < -0.4 is 21.3 Å². The normalized spacial score (nSPS) is 13.1. The summed E-state index contributed by atoms with van der Waals surface area (Å²) in [4.78, 5) is 78.4. The second-order valence-corrected chi connectivity index (χ2v) is 16.9. The number of azo groups is 2. The Kier molecular flexibility index (Phi) is 17.9. The SMILES string of the molecule is CC(=O)C(N=Nc1cccc(C(=O)Nc2ccc(C(C)Cl)cc2)c1Cl)C(=O)Nc1ccc(NC(=O)C(N=Nc2cccc(C(=O)Nc3ccc(C(C)Cl)cc3)c2Cl)C(C)=O)c(CCCl)c1. The molecule has 0 heterocycles. The summed E-state index contributed by atoms with van der Waals surface area (Å²) in [7, 11) is 0. The molecule has 5 aromatic rings. The van der Waals surface area contributed by atoms with E-state index < -0.39 is 47.3 Å². The zero-order chi connectivity index (χ0) is 47.4. The van der Waals surface area contributed by atoms with Gasteiger partial charge in [-0.05, 0) is 118 Å². The second-order valence-electron chi connectivity index (χ2n) is 14.4. The van der Waals surface area contributed by atoms with Crippen LogP contribution in [-0.4, -0.2) is 53.2 Å². The van der Waals surface area contributed by atoms with Crippen molar-refractivity contribution >= 4 is 127 Å². The van der Waals surface area contributed by atoms with Crippen molar-refractivity contribution in [1.82, 2.24) is 0 Å². The van der Waals surface area contributed by atoms with Gasteiger partial charge in [0.15, 0.2) is 11.6 Å². The molecule has 4 N–H and O–H groups in total. The van der Waals surface area contributed by atoms with E-state index in [1.54, 1.807) is 48.5 Å². The number of anilines is 4. The van der Waals surface area contributed by atoms with E-state index in [9.17, 15) is 28.8 Å². The number of hydrogen-bond acceptors (Lipinski definition) is 10. The molecule has 19 heteroatoms. The molecule has 0 aliphatic carbocycles. The molecule has 14 nitrogen and oxygen atoms in total. The fraction of sp³-hybridized carbons (Fsp3) is 0.217. The monoisotopic (exact) mass is 976 g/mol. The van der Waals surface area contributed by atoms with E-state index in [-0.39, 0.29) is 67.0 Å². The molecule has 0 fully saturated rings. The number of rotatable bonds is 18. The van der Waals surface area contributed by atoms with Gasteiger partial charge in [-0.2, -0.15) is 20.5 Å². The molecule has 0 saturated carbocycles. The number of nitrogens with one attached hydrogen (secondary N) is 4. The van der Waals surface area contributed by atoms with Gasteiger partial charge >= 0.3 is 0 Å². The molecule has 5 rings (SSSR count). The maximum atomic E-state index is 13.5. The van der Waals surface area contributed by atoms with Gasteiger partial charge in [0, 0.05) is 28.6 Å². The number of aryl methyl sites for hydroxylation is 1. The summed E-state index contributed by atoms with van der Waals surface area (Å²) in [5.41, 5.74) is 3.95. The Labute approximate surface area is 399 Å². The van der Waals surface area contributed by atoms with Crippen molar-refractivity contribution in [2.75, 3.05) is 27.1 Å². The predicted molar refractivity (Wildman–Crippen MR) is 256 cm³/mol. The Morgan fingerprint density at radius 2 is 0.969 bits per heavy atom. The minimum atomic E-state index is -1.61. The Morgan fingerprint density at radius 3 is 1.37 bits per heavy atom. The van der Waals surface area contributed by atoms with E-state index >= 15 is 0 Å². The highest BCUT2D eigenvalue weighted by Gasteiger charge is 2.27. The van der Waals surface area contributed by atoms with E-state index in [1.807, 2.05) is 13.8 Å². The molecule has 0 radical (unpaired) electrons. The number of hydrogen-bond donors (Lipinski definition) is 4. The highest BCUT2D eigenvalue weighted by Crippen LogP contribution is 2.32. The van der Waals surface area contributed by atoms with Gasteiger partial charge in [0.05, 0.1) is 31.9 Å². The number of amides is 4. The number of carbonyl (C=O) groups excluding carboxylic acids is 6. The molecule has 0 aliphatic rings. The van der Waals surface area contributed by atoms with Crippen LogP contribution >= 0.6 is 58.0 Å². The Hall–Kier alpha value is -6.03. The summed E-state index contributed by atoms with van der Waals surface area (Å²) in [5.74, 6) is -3.88. The molecule has 0 bridgehead atoms. The average Bonchev–Trinajstić information content (AvgIpc) is 3.26. The summed E-state index contributed by atoms with van der Waals surface area (Å²) in [6.45, 7) is 5.99. The van der Waals surface area contributed by atoms with Gasteiger partial charge in [-0.15, -0.1) is 34.8 Å². The Morgan fingerprint density at radius 1 is 0.554 bits per heavy atom. The lowest BCUT2D eigenvalue weighted by atomic mass is 10.1. The van der Waals surface area contributed by atoms with Crippen LogP contribution in [0.1, 0.15) is 75.9 Å². The van der Waals surface area contributed by atoms with Crippen LogP contribution in [0.3, 0.4) is 0 Å². The lowest BCUT2D eigenvalue weighted by molar-refractivity contribution is -0.127. The zero-order valence-corrected chi connectivity index (χ0v) is 38.9. The number of Topliss-reactive ketones (excluding diaryl/α,β-unsaturated/α-hetero) is 2. The third-order valence-electron chi connectivity index (χ3n) is 9.52. The minimum Gasteiger partial charge on any atom is -0.324 e. The van der Waals surface area contributed by atoms with E-state index in [4.69, 9.17) is 58.0 Å². The highest BCUT2D eigenvalue weighted by atomic mass is 35.5. The molecule has 0 aliphatic heterocycles. The van der Waals surface area contributed by atoms with Gasteiger partial charge in [0.25, 0.3) is 23.6 Å². The standard InChI is InChI=1S/C46H41Cl5N8O6/c1-24(48)28-11-15-31(16-12-28)52-43(62)34-7-5-9-37(39(34)50)56-58-41(26(3)60)45(64)54-33-19-20-36(30(23-33)21-22-47)55-46(65)42(27(4)61)59-57-38-10-6-8-35(40(38)51)44(63)53-32-17-13-29(14-18-32)25(2)49/h5-20,23-25,41-42H,21-22H2,1-4H3,(H,52,62)(H,53,63)(H,54,64)(H,55,65). The maximum Gasteiger partial charge on any atom is 0.258 e. The smallest absolute Gasteiger partial charge is 0.258 e. The van der Waals surface area contributed by atoms with Gasteiger partial charge in [-0.25, -0.2) is 0 Å². The van der Waals surface area contributed by atoms with Crippen molar-refractivity contribution < 1.29 is 28.8 Å². The first-order valence-corrected chi connectivity index (χ1v) is 21.9. The molecular weight excluding hydrogens is 938 g/mol. The molecule has 336 valence electrons. The molecule has 4 unspecified atom stereocenters. The first kappa shape index (κ1) is 50.0. The van der Waals surface area contributed by atoms with Gasteiger partial charge in [0.2, 0.25) is 12.1 Å². The average molecular weight is 979 g/mol. The number of alkyl halides is 3. The van der Waals surface area contributed by atoms with E-state index in [0.717, 1.165) is 25.0 Å². The van der Waals surface area contributed by atoms with Crippen LogP contribution in [0.5, 0.6) is 0 Å². The fourth-order valence-corrected chi connectivity index (χ4v) is 6.99. The molecule has 65 heavy (non-hydrogen) atoms. The van der Waals surface area contributed by atoms with Crippen LogP contribution in [0, 0.1) is 0 Å². The van der Waals surface area contributed by atoms with E-state index in [0.29, 0.717) is 16.9 Å². The predicted octanol–water partition coefficient (Wildman–Crippen LogP) is 12.2. The van der Waals surface area contributed by atoms with Gasteiger partial charge in [-0.1, -0.05) is 59.6 Å². The quantitative estimate of drug-likeness (QED) is 0.0382. The summed E-state index contributed by atoms with van der Waals surface area (Å²) in [6.07, 6.45) is 0.212. The topological polar surface area (TPSA) is 200 Å². The first-order valence-electron chi connectivity index (χ1n) is 19.8. The number of carbonyl (C=O) groups is 6. The lowest BCUT2D eigenvalue weighted by Gasteiger charge is -2.16. The van der Waals surface area contributed by atoms with Crippen LogP contribution in [0.2, 0.25) is 10.0 Å². The summed E-state index contributed by atoms with van der Waals surface area (Å²) in [6, 6.07) is 24.2. The highest BCUT2D eigenvalue weighted by molar-refractivity contribution is 6.37. The number of benzene rings is 5. The van der Waals surface area contributed by atoms with Gasteiger partial charge in [0.1, 0.15) is 11.4 Å². The Balaban J connectivity index is 1.26. The van der Waals surface area contributed by atoms with Crippen molar-refractivity contribution in [1.29, 1.82) is 0 Å². The summed E-state index contributed by atoms with van der Waals surface area (Å²) < 4.78 is 0. The third kappa shape index (κ3) is 13.5. The van der Waals surface area contributed by atoms with Crippen molar-refractivity contribution in [3.05, 3.63) is 141 Å². The largest absolute Gasteiger partial charge is 0.324 e. The van der Waals surface area contributed by atoms with Crippen molar-refractivity contribution in [2.24, 2.45) is 20.5 Å². The number of nitrogens with zero attached hydrogens (tertiary/aromatic N) is 4. The molecule has 4 atom stereocenters. The van der Waals surface area contributed by atoms with Crippen molar-refractivity contribution in [2.45, 2.75) is 57.0 Å². The lowest BCUT2D eigenvalue weighted by Crippen LogP contribution is -2.32. The van der Waals surface area contributed by atoms with Crippen molar-refractivity contribution in [3.63, 3.8) is 0 Å².